The van der Waals surface area contributed by atoms with Crippen LogP contribution in [-0.4, -0.2) is 25.7 Å². The first-order valence-electron chi connectivity index (χ1n) is 8.68. The maximum atomic E-state index is 12.4. The lowest BCUT2D eigenvalue weighted by molar-refractivity contribution is 0.0951. The van der Waals surface area contributed by atoms with Crippen LogP contribution in [0, 0.1) is 0 Å². The van der Waals surface area contributed by atoms with Crippen LogP contribution in [-0.2, 0) is 6.54 Å². The van der Waals surface area contributed by atoms with Crippen molar-refractivity contribution in [1.29, 1.82) is 0 Å². The molecule has 26 heavy (non-hydrogen) atoms. The summed E-state index contributed by atoms with van der Waals surface area (Å²) in [5.41, 5.74) is 1.40. The van der Waals surface area contributed by atoms with Gasteiger partial charge in [-0.15, -0.1) is 0 Å². The van der Waals surface area contributed by atoms with E-state index in [9.17, 15) is 4.79 Å². The van der Waals surface area contributed by atoms with Crippen LogP contribution in [0.2, 0.25) is 5.02 Å². The second-order valence-electron chi connectivity index (χ2n) is 5.41. The Balaban J connectivity index is 2.04. The first-order valence-corrected chi connectivity index (χ1v) is 9.05. The molecule has 2 aromatic rings. The first kappa shape index (κ1) is 19.9. The maximum Gasteiger partial charge on any atom is 0.251 e. The molecule has 0 aromatic heterocycles. The number of ether oxygens (including phenoxy) is 3. The van der Waals surface area contributed by atoms with E-state index in [-0.39, 0.29) is 5.91 Å². The molecular formula is C20H24ClNO4. The molecule has 0 saturated heterocycles. The van der Waals surface area contributed by atoms with Crippen LogP contribution in [0.4, 0.5) is 0 Å². The molecule has 1 N–H and O–H groups in total. The maximum absolute atomic E-state index is 12.4. The summed E-state index contributed by atoms with van der Waals surface area (Å²) < 4.78 is 16.5. The van der Waals surface area contributed by atoms with Crippen LogP contribution >= 0.6 is 11.6 Å². The Bertz CT molecular complexity index is 749. The van der Waals surface area contributed by atoms with Gasteiger partial charge in [0.2, 0.25) is 0 Å². The Morgan fingerprint density at radius 1 is 0.885 bits per heavy atom. The zero-order valence-electron chi connectivity index (χ0n) is 15.3. The van der Waals surface area contributed by atoms with Crippen molar-refractivity contribution in [2.45, 2.75) is 27.3 Å². The Hall–Kier alpha value is -2.40. The Kier molecular flexibility index (Phi) is 7.60. The van der Waals surface area contributed by atoms with Crippen molar-refractivity contribution in [3.63, 3.8) is 0 Å². The predicted molar refractivity (Wildman–Crippen MR) is 103 cm³/mol. The van der Waals surface area contributed by atoms with Crippen molar-refractivity contribution in [1.82, 2.24) is 5.32 Å². The van der Waals surface area contributed by atoms with Crippen LogP contribution in [0.3, 0.4) is 0 Å². The number of benzene rings is 2. The zero-order valence-corrected chi connectivity index (χ0v) is 16.1. The number of amides is 1. The van der Waals surface area contributed by atoms with Gasteiger partial charge in [-0.25, -0.2) is 0 Å². The highest BCUT2D eigenvalue weighted by atomic mass is 35.5. The summed E-state index contributed by atoms with van der Waals surface area (Å²) in [4.78, 5) is 12.4. The fourth-order valence-corrected chi connectivity index (χ4v) is 2.64. The zero-order chi connectivity index (χ0) is 18.9. The molecule has 2 rings (SSSR count). The summed E-state index contributed by atoms with van der Waals surface area (Å²) in [6, 6.07) is 10.6. The molecule has 0 radical (unpaired) electrons. The molecule has 0 aliphatic carbocycles. The normalized spacial score (nSPS) is 10.3. The van der Waals surface area contributed by atoms with E-state index in [4.69, 9.17) is 25.8 Å². The number of nitrogens with one attached hydrogen (secondary N) is 1. The van der Waals surface area contributed by atoms with Crippen molar-refractivity contribution >= 4 is 17.5 Å². The lowest BCUT2D eigenvalue weighted by Crippen LogP contribution is -2.22. The highest BCUT2D eigenvalue weighted by Crippen LogP contribution is 2.29. The molecular weight excluding hydrogens is 354 g/mol. The molecule has 140 valence electrons. The van der Waals surface area contributed by atoms with Crippen LogP contribution in [0.15, 0.2) is 36.4 Å². The van der Waals surface area contributed by atoms with Crippen LogP contribution in [0.25, 0.3) is 0 Å². The number of rotatable bonds is 9. The van der Waals surface area contributed by atoms with Gasteiger partial charge in [-0.3, -0.25) is 4.79 Å². The van der Waals surface area contributed by atoms with Gasteiger partial charge in [0.25, 0.3) is 5.91 Å². The molecule has 0 aliphatic rings. The Morgan fingerprint density at radius 2 is 1.50 bits per heavy atom. The van der Waals surface area contributed by atoms with Gasteiger partial charge in [-0.1, -0.05) is 17.7 Å². The molecule has 0 atom stereocenters. The number of carbonyl (C=O) groups is 1. The smallest absolute Gasteiger partial charge is 0.251 e. The Labute approximate surface area is 159 Å². The Morgan fingerprint density at radius 3 is 2.15 bits per heavy atom. The van der Waals surface area contributed by atoms with Crippen molar-refractivity contribution in [2.75, 3.05) is 19.8 Å². The summed E-state index contributed by atoms with van der Waals surface area (Å²) in [7, 11) is 0. The third-order valence-corrected chi connectivity index (χ3v) is 3.85. The van der Waals surface area contributed by atoms with Crippen LogP contribution in [0.1, 0.15) is 36.7 Å². The lowest BCUT2D eigenvalue weighted by atomic mass is 10.1. The lowest BCUT2D eigenvalue weighted by Gasteiger charge is -2.13. The van der Waals surface area contributed by atoms with Gasteiger partial charge in [0.15, 0.2) is 11.5 Å². The van der Waals surface area contributed by atoms with Gasteiger partial charge in [-0.2, -0.15) is 0 Å². The molecule has 0 aliphatic heterocycles. The van der Waals surface area contributed by atoms with Gasteiger partial charge in [0.05, 0.1) is 24.8 Å². The molecule has 1 amide bonds. The van der Waals surface area contributed by atoms with Gasteiger partial charge < -0.3 is 19.5 Å². The minimum Gasteiger partial charge on any atom is -0.492 e. The summed E-state index contributed by atoms with van der Waals surface area (Å²) in [6.07, 6.45) is 0. The fourth-order valence-electron chi connectivity index (χ4n) is 2.40. The molecule has 0 spiro atoms. The van der Waals surface area contributed by atoms with E-state index in [1.165, 1.54) is 0 Å². The predicted octanol–water partition coefficient (Wildman–Crippen LogP) is 4.47. The second-order valence-corrected chi connectivity index (χ2v) is 5.82. The molecule has 0 unspecified atom stereocenters. The van der Waals surface area contributed by atoms with Crippen molar-refractivity contribution in [3.8, 4) is 17.2 Å². The van der Waals surface area contributed by atoms with Gasteiger partial charge in [-0.05, 0) is 56.7 Å². The highest BCUT2D eigenvalue weighted by molar-refractivity contribution is 6.32. The minimum absolute atomic E-state index is 0.207. The molecule has 0 heterocycles. The molecule has 2 aromatic carbocycles. The standard InChI is InChI=1S/C20H24ClNO4/c1-4-24-17-10-8-15(12-16(17)21)20(23)22-13-14-7-9-18(25-5-2)19(11-14)26-6-3/h7-12H,4-6,13H2,1-3H3,(H,22,23). The number of hydrogen-bond acceptors (Lipinski definition) is 4. The quantitative estimate of drug-likeness (QED) is 0.700. The van der Waals surface area contributed by atoms with E-state index < -0.39 is 0 Å². The molecule has 0 saturated carbocycles. The fraction of sp³-hybridized carbons (Fsp3) is 0.350. The van der Waals surface area contributed by atoms with Gasteiger partial charge in [0, 0.05) is 12.1 Å². The largest absolute Gasteiger partial charge is 0.492 e. The van der Waals surface area contributed by atoms with Crippen LogP contribution < -0.4 is 19.5 Å². The monoisotopic (exact) mass is 377 g/mol. The highest BCUT2D eigenvalue weighted by Gasteiger charge is 2.11. The second kappa shape index (κ2) is 9.92. The van der Waals surface area contributed by atoms with E-state index in [0.717, 1.165) is 5.56 Å². The number of halogens is 1. The summed E-state index contributed by atoms with van der Waals surface area (Å²) in [6.45, 7) is 7.71. The van der Waals surface area contributed by atoms with E-state index in [1.807, 2.05) is 39.0 Å². The van der Waals surface area contributed by atoms with E-state index in [0.29, 0.717) is 54.2 Å². The topological polar surface area (TPSA) is 56.8 Å². The number of hydrogen-bond donors (Lipinski definition) is 1. The van der Waals surface area contributed by atoms with Crippen molar-refractivity contribution < 1.29 is 19.0 Å². The minimum atomic E-state index is -0.207. The molecule has 6 heteroatoms. The summed E-state index contributed by atoms with van der Waals surface area (Å²) >= 11 is 6.14. The third-order valence-electron chi connectivity index (χ3n) is 3.55. The van der Waals surface area contributed by atoms with Gasteiger partial charge in [0.1, 0.15) is 5.75 Å². The van der Waals surface area contributed by atoms with Crippen LogP contribution in [0.5, 0.6) is 17.2 Å². The first-order chi connectivity index (χ1) is 12.6. The van der Waals surface area contributed by atoms with E-state index in [2.05, 4.69) is 5.32 Å². The van der Waals surface area contributed by atoms with E-state index in [1.54, 1.807) is 18.2 Å². The molecule has 0 bridgehead atoms. The van der Waals surface area contributed by atoms with Crippen molar-refractivity contribution in [2.24, 2.45) is 0 Å². The average Bonchev–Trinajstić information content (AvgIpc) is 2.63. The SMILES string of the molecule is CCOc1ccc(C(=O)NCc2ccc(OCC)c(OCC)c2)cc1Cl. The number of carbonyl (C=O) groups excluding carboxylic acids is 1. The van der Waals surface area contributed by atoms with E-state index >= 15 is 0 Å². The molecule has 0 fully saturated rings. The van der Waals surface area contributed by atoms with Crippen molar-refractivity contribution in [3.05, 3.63) is 52.5 Å². The molecule has 5 nitrogen and oxygen atoms in total. The summed E-state index contributed by atoms with van der Waals surface area (Å²) in [5, 5.41) is 3.30. The summed E-state index contributed by atoms with van der Waals surface area (Å²) in [5.74, 6) is 1.73. The average molecular weight is 378 g/mol. The van der Waals surface area contributed by atoms with Gasteiger partial charge >= 0.3 is 0 Å². The third kappa shape index (κ3) is 5.30.